The highest BCUT2D eigenvalue weighted by molar-refractivity contribution is 7.89. The predicted molar refractivity (Wildman–Crippen MR) is 122 cm³/mol. The molecule has 3 heterocycles. The van der Waals surface area contributed by atoms with Crippen molar-refractivity contribution < 1.29 is 8.42 Å². The standard InChI is InChI=1S/C22H23N5O4S/c1-3-26-19-12-18(25-20(19)21(28)27(4-2)22(26)29)16-7-9-17(10-8-16)32(30,31)24-14-15-6-5-11-23-13-15/h5-13,24-25H,3-4,14H2,1-2H3. The van der Waals surface area contributed by atoms with Crippen molar-refractivity contribution in [3.8, 4) is 11.3 Å². The lowest BCUT2D eigenvalue weighted by Crippen LogP contribution is -2.39. The number of pyridine rings is 1. The Kier molecular flexibility index (Phi) is 5.81. The molecule has 0 amide bonds. The van der Waals surface area contributed by atoms with Gasteiger partial charge >= 0.3 is 5.69 Å². The predicted octanol–water partition coefficient (Wildman–Crippen LogP) is 2.07. The van der Waals surface area contributed by atoms with Gasteiger partial charge in [0.15, 0.2) is 0 Å². The maximum Gasteiger partial charge on any atom is 0.331 e. The lowest BCUT2D eigenvalue weighted by Gasteiger charge is -2.07. The molecule has 0 fully saturated rings. The lowest BCUT2D eigenvalue weighted by molar-refractivity contribution is 0.581. The molecule has 0 aliphatic rings. The number of aromatic nitrogens is 4. The van der Waals surface area contributed by atoms with Crippen LogP contribution >= 0.6 is 0 Å². The molecule has 4 aromatic rings. The fourth-order valence-electron chi connectivity index (χ4n) is 3.61. The van der Waals surface area contributed by atoms with Crippen LogP contribution in [0.3, 0.4) is 0 Å². The largest absolute Gasteiger partial charge is 0.349 e. The Morgan fingerprint density at radius 2 is 1.75 bits per heavy atom. The van der Waals surface area contributed by atoms with E-state index >= 15 is 0 Å². The summed E-state index contributed by atoms with van der Waals surface area (Å²) in [7, 11) is -3.70. The smallest absolute Gasteiger partial charge is 0.331 e. The number of aryl methyl sites for hydroxylation is 1. The molecule has 0 aliphatic carbocycles. The van der Waals surface area contributed by atoms with Gasteiger partial charge in [-0.15, -0.1) is 0 Å². The number of hydrogen-bond donors (Lipinski definition) is 2. The molecule has 9 nitrogen and oxygen atoms in total. The molecule has 32 heavy (non-hydrogen) atoms. The fourth-order valence-corrected chi connectivity index (χ4v) is 4.63. The number of H-pyrrole nitrogens is 1. The fraction of sp³-hybridized carbons (Fsp3) is 0.227. The Bertz CT molecular complexity index is 1480. The van der Waals surface area contributed by atoms with E-state index in [4.69, 9.17) is 0 Å². The maximum absolute atomic E-state index is 12.7. The monoisotopic (exact) mass is 453 g/mol. The summed E-state index contributed by atoms with van der Waals surface area (Å²) >= 11 is 0. The highest BCUT2D eigenvalue weighted by Crippen LogP contribution is 2.23. The minimum Gasteiger partial charge on any atom is -0.349 e. The molecule has 2 N–H and O–H groups in total. The van der Waals surface area contributed by atoms with Gasteiger partial charge in [0, 0.05) is 37.7 Å². The van der Waals surface area contributed by atoms with Gasteiger partial charge in [-0.05, 0) is 49.2 Å². The normalized spacial score (nSPS) is 11.8. The van der Waals surface area contributed by atoms with Gasteiger partial charge in [-0.3, -0.25) is 18.9 Å². The van der Waals surface area contributed by atoms with E-state index in [0.29, 0.717) is 28.8 Å². The van der Waals surface area contributed by atoms with Crippen molar-refractivity contribution in [3.63, 3.8) is 0 Å². The molecule has 166 valence electrons. The second-order valence-corrected chi connectivity index (χ2v) is 9.00. The van der Waals surface area contributed by atoms with E-state index in [0.717, 1.165) is 5.56 Å². The number of benzene rings is 1. The molecular formula is C22H23N5O4S. The first-order valence-corrected chi connectivity index (χ1v) is 11.7. The first kappa shape index (κ1) is 21.7. The van der Waals surface area contributed by atoms with Crippen LogP contribution in [0.5, 0.6) is 0 Å². The van der Waals surface area contributed by atoms with E-state index in [1.807, 2.05) is 6.92 Å². The molecule has 3 aromatic heterocycles. The number of sulfonamides is 1. The van der Waals surface area contributed by atoms with E-state index in [1.54, 1.807) is 54.2 Å². The zero-order valence-corrected chi connectivity index (χ0v) is 18.5. The Labute approximate surface area is 184 Å². The number of hydrogen-bond acceptors (Lipinski definition) is 5. The van der Waals surface area contributed by atoms with E-state index in [2.05, 4.69) is 14.7 Å². The third-order valence-electron chi connectivity index (χ3n) is 5.31. The highest BCUT2D eigenvalue weighted by atomic mass is 32.2. The summed E-state index contributed by atoms with van der Waals surface area (Å²) < 4.78 is 30.5. The van der Waals surface area contributed by atoms with Crippen LogP contribution in [0.15, 0.2) is 69.3 Å². The van der Waals surface area contributed by atoms with Gasteiger partial charge in [-0.2, -0.15) is 0 Å². The quantitative estimate of drug-likeness (QED) is 0.444. The highest BCUT2D eigenvalue weighted by Gasteiger charge is 2.17. The van der Waals surface area contributed by atoms with E-state index in [-0.39, 0.29) is 29.2 Å². The molecule has 0 saturated carbocycles. The van der Waals surface area contributed by atoms with Crippen molar-refractivity contribution in [3.05, 3.63) is 81.3 Å². The van der Waals surface area contributed by atoms with Gasteiger partial charge < -0.3 is 4.98 Å². The van der Waals surface area contributed by atoms with Crippen molar-refractivity contribution in [1.29, 1.82) is 0 Å². The second-order valence-electron chi connectivity index (χ2n) is 7.23. The van der Waals surface area contributed by atoms with Crippen LogP contribution in [0, 0.1) is 0 Å². The van der Waals surface area contributed by atoms with Crippen LogP contribution in [0.25, 0.3) is 22.3 Å². The topological polar surface area (TPSA) is 119 Å². The van der Waals surface area contributed by atoms with Crippen LogP contribution in [0.2, 0.25) is 0 Å². The first-order valence-electron chi connectivity index (χ1n) is 10.2. The van der Waals surface area contributed by atoms with Crippen LogP contribution < -0.4 is 16.0 Å². The number of rotatable bonds is 7. The Morgan fingerprint density at radius 1 is 1.03 bits per heavy atom. The summed E-state index contributed by atoms with van der Waals surface area (Å²) in [5.41, 5.74) is 2.23. The van der Waals surface area contributed by atoms with Crippen LogP contribution in [0.1, 0.15) is 19.4 Å². The summed E-state index contributed by atoms with van der Waals surface area (Å²) in [6.45, 7) is 4.43. The Hall–Kier alpha value is -3.50. The van der Waals surface area contributed by atoms with E-state index in [1.165, 1.54) is 16.7 Å². The molecular weight excluding hydrogens is 430 g/mol. The minimum absolute atomic E-state index is 0.125. The van der Waals surface area contributed by atoms with Gasteiger partial charge in [0.2, 0.25) is 10.0 Å². The lowest BCUT2D eigenvalue weighted by atomic mass is 10.1. The summed E-state index contributed by atoms with van der Waals surface area (Å²) in [5.74, 6) is 0. The summed E-state index contributed by atoms with van der Waals surface area (Å²) in [4.78, 5) is 32.5. The molecule has 0 radical (unpaired) electrons. The Balaban J connectivity index is 1.66. The van der Waals surface area contributed by atoms with Gasteiger partial charge in [0.1, 0.15) is 5.52 Å². The first-order chi connectivity index (χ1) is 15.4. The summed E-state index contributed by atoms with van der Waals surface area (Å²) in [5, 5.41) is 0. The van der Waals surface area contributed by atoms with Crippen LogP contribution in [-0.4, -0.2) is 27.5 Å². The number of nitrogens with zero attached hydrogens (tertiary/aromatic N) is 3. The maximum atomic E-state index is 12.7. The summed E-state index contributed by atoms with van der Waals surface area (Å²) in [6.07, 6.45) is 3.22. The van der Waals surface area contributed by atoms with Gasteiger partial charge in [0.05, 0.1) is 10.4 Å². The molecule has 0 unspecified atom stereocenters. The van der Waals surface area contributed by atoms with Gasteiger partial charge in [-0.25, -0.2) is 17.9 Å². The van der Waals surface area contributed by atoms with E-state index < -0.39 is 10.0 Å². The van der Waals surface area contributed by atoms with Crippen molar-refractivity contribution in [1.82, 2.24) is 23.8 Å². The molecule has 0 aliphatic heterocycles. The molecule has 0 spiro atoms. The van der Waals surface area contributed by atoms with Crippen molar-refractivity contribution >= 4 is 21.1 Å². The average molecular weight is 454 g/mol. The van der Waals surface area contributed by atoms with Crippen molar-refractivity contribution in [2.75, 3.05) is 0 Å². The summed E-state index contributed by atoms with van der Waals surface area (Å²) in [6, 6.07) is 11.6. The average Bonchev–Trinajstić information content (AvgIpc) is 3.25. The van der Waals surface area contributed by atoms with Crippen molar-refractivity contribution in [2.45, 2.75) is 38.4 Å². The minimum atomic E-state index is -3.70. The van der Waals surface area contributed by atoms with Crippen LogP contribution in [-0.2, 0) is 29.7 Å². The zero-order valence-electron chi connectivity index (χ0n) is 17.7. The molecule has 1 aromatic carbocycles. The Morgan fingerprint density at radius 3 is 2.38 bits per heavy atom. The SMILES string of the molecule is CCn1c(=O)c2[nH]c(-c3ccc(S(=O)(=O)NCc4cccnc4)cc3)cc2n(CC)c1=O. The zero-order chi connectivity index (χ0) is 22.9. The van der Waals surface area contributed by atoms with Gasteiger partial charge in [0.25, 0.3) is 5.56 Å². The van der Waals surface area contributed by atoms with E-state index in [9.17, 15) is 18.0 Å². The molecule has 4 rings (SSSR count). The number of nitrogens with one attached hydrogen (secondary N) is 2. The number of aromatic amines is 1. The van der Waals surface area contributed by atoms with Crippen LogP contribution in [0.4, 0.5) is 0 Å². The third kappa shape index (κ3) is 3.90. The molecule has 0 atom stereocenters. The molecule has 10 heteroatoms. The third-order valence-corrected chi connectivity index (χ3v) is 6.72. The number of fused-ring (bicyclic) bond motifs is 1. The molecule has 0 bridgehead atoms. The molecule has 0 saturated heterocycles. The van der Waals surface area contributed by atoms with Gasteiger partial charge in [-0.1, -0.05) is 18.2 Å². The van der Waals surface area contributed by atoms with Crippen molar-refractivity contribution in [2.24, 2.45) is 0 Å². The second kappa shape index (κ2) is 8.56.